The van der Waals surface area contributed by atoms with E-state index < -0.39 is 6.04 Å². The van der Waals surface area contributed by atoms with Crippen molar-refractivity contribution in [2.45, 2.75) is 45.8 Å². The molecule has 1 N–H and O–H groups in total. The van der Waals surface area contributed by atoms with Crippen molar-refractivity contribution in [2.75, 3.05) is 14.1 Å². The van der Waals surface area contributed by atoms with Gasteiger partial charge in [-0.15, -0.1) is 0 Å². The minimum absolute atomic E-state index is 0.0104. The zero-order valence-electron chi connectivity index (χ0n) is 18.7. The van der Waals surface area contributed by atoms with Crippen molar-refractivity contribution in [3.63, 3.8) is 0 Å². The molecule has 1 heterocycles. The fourth-order valence-corrected chi connectivity index (χ4v) is 3.82. The van der Waals surface area contributed by atoms with E-state index in [4.69, 9.17) is 0 Å². The van der Waals surface area contributed by atoms with E-state index in [0.29, 0.717) is 31.5 Å². The highest BCUT2D eigenvalue weighted by Crippen LogP contribution is 2.25. The van der Waals surface area contributed by atoms with Gasteiger partial charge in [0.05, 0.1) is 0 Å². The molecule has 0 aromatic heterocycles. The maximum absolute atomic E-state index is 13.1. The van der Waals surface area contributed by atoms with E-state index in [-0.39, 0.29) is 23.6 Å². The lowest BCUT2D eigenvalue weighted by Gasteiger charge is -2.36. The van der Waals surface area contributed by atoms with Gasteiger partial charge in [0.25, 0.3) is 5.91 Å². The van der Waals surface area contributed by atoms with Crippen LogP contribution in [0.1, 0.15) is 47.3 Å². The zero-order valence-corrected chi connectivity index (χ0v) is 18.7. The second kappa shape index (κ2) is 9.77. The Kier molecular flexibility index (Phi) is 7.10. The normalized spacial score (nSPS) is 15.4. The lowest BCUT2D eigenvalue weighted by Crippen LogP contribution is -2.52. The van der Waals surface area contributed by atoms with E-state index in [1.54, 1.807) is 31.1 Å². The molecular weight excluding hydrogens is 390 g/mol. The Bertz CT molecular complexity index is 951. The topological polar surface area (TPSA) is 69.7 Å². The van der Waals surface area contributed by atoms with Gasteiger partial charge in [-0.3, -0.25) is 14.4 Å². The number of amides is 3. The Hall–Kier alpha value is -3.15. The first-order chi connectivity index (χ1) is 14.8. The van der Waals surface area contributed by atoms with E-state index in [1.165, 1.54) is 4.90 Å². The predicted octanol–water partition coefficient (Wildman–Crippen LogP) is 3.00. The highest BCUT2D eigenvalue weighted by atomic mass is 16.2. The van der Waals surface area contributed by atoms with Crippen molar-refractivity contribution in [2.24, 2.45) is 5.92 Å². The third-order valence-electron chi connectivity index (χ3n) is 5.53. The Morgan fingerprint density at radius 2 is 1.68 bits per heavy atom. The summed E-state index contributed by atoms with van der Waals surface area (Å²) in [6.45, 7) is 4.83. The number of carbonyl (C=O) groups is 3. The second-order valence-corrected chi connectivity index (χ2v) is 8.72. The number of hydrogen-bond acceptors (Lipinski definition) is 3. The van der Waals surface area contributed by atoms with Gasteiger partial charge >= 0.3 is 0 Å². The summed E-state index contributed by atoms with van der Waals surface area (Å²) < 4.78 is 0. The van der Waals surface area contributed by atoms with Crippen molar-refractivity contribution < 1.29 is 14.4 Å². The van der Waals surface area contributed by atoms with E-state index in [2.05, 4.69) is 5.32 Å². The van der Waals surface area contributed by atoms with Gasteiger partial charge < -0.3 is 15.1 Å². The lowest BCUT2D eigenvalue weighted by molar-refractivity contribution is -0.142. The summed E-state index contributed by atoms with van der Waals surface area (Å²) in [6.07, 6.45) is 0.940. The van der Waals surface area contributed by atoms with Crippen molar-refractivity contribution >= 4 is 17.7 Å². The summed E-state index contributed by atoms with van der Waals surface area (Å²) in [4.78, 5) is 41.2. The number of fused-ring (bicyclic) bond motifs is 1. The summed E-state index contributed by atoms with van der Waals surface area (Å²) in [5, 5.41) is 2.98. The van der Waals surface area contributed by atoms with Crippen LogP contribution < -0.4 is 5.32 Å². The minimum Gasteiger partial charge on any atom is -0.350 e. The third kappa shape index (κ3) is 5.51. The number of carbonyl (C=O) groups excluding carboxylic acids is 3. The van der Waals surface area contributed by atoms with Crippen molar-refractivity contribution in [1.82, 2.24) is 15.1 Å². The highest BCUT2D eigenvalue weighted by Gasteiger charge is 2.34. The molecule has 0 fully saturated rings. The van der Waals surface area contributed by atoms with Crippen LogP contribution in [0.3, 0.4) is 0 Å². The van der Waals surface area contributed by atoms with Crippen LogP contribution >= 0.6 is 0 Å². The monoisotopic (exact) mass is 421 g/mol. The van der Waals surface area contributed by atoms with Crippen molar-refractivity contribution in [3.8, 4) is 0 Å². The number of nitrogens with one attached hydrogen (secondary N) is 1. The molecule has 1 aliphatic rings. The Morgan fingerprint density at radius 1 is 1.03 bits per heavy atom. The molecule has 1 aliphatic heterocycles. The fourth-order valence-electron chi connectivity index (χ4n) is 3.82. The largest absolute Gasteiger partial charge is 0.350 e. The first-order valence-corrected chi connectivity index (χ1v) is 10.7. The molecule has 2 aromatic rings. The summed E-state index contributed by atoms with van der Waals surface area (Å²) in [5.41, 5.74) is 3.72. The molecule has 0 saturated carbocycles. The molecule has 0 radical (unpaired) electrons. The van der Waals surface area contributed by atoms with Crippen LogP contribution in [0.25, 0.3) is 0 Å². The molecule has 1 unspecified atom stereocenters. The summed E-state index contributed by atoms with van der Waals surface area (Å²) in [6, 6.07) is 14.7. The van der Waals surface area contributed by atoms with E-state index in [1.807, 2.05) is 50.2 Å². The fraction of sp³-hybridized carbons (Fsp3) is 0.400. The highest BCUT2D eigenvalue weighted by molar-refractivity contribution is 5.94. The first-order valence-electron chi connectivity index (χ1n) is 10.7. The number of benzene rings is 2. The quantitative estimate of drug-likeness (QED) is 0.780. The van der Waals surface area contributed by atoms with Gasteiger partial charge in [0, 0.05) is 45.6 Å². The molecule has 0 saturated heterocycles. The molecule has 164 valence electrons. The average Bonchev–Trinajstić information content (AvgIpc) is 2.75. The van der Waals surface area contributed by atoms with Crippen LogP contribution in [0.15, 0.2) is 48.5 Å². The average molecular weight is 422 g/mol. The molecular formula is C25H31N3O3. The molecule has 0 spiro atoms. The van der Waals surface area contributed by atoms with Crippen LogP contribution in [0.4, 0.5) is 0 Å². The smallest absolute Gasteiger partial charge is 0.253 e. The van der Waals surface area contributed by atoms with Gasteiger partial charge in [0.15, 0.2) is 0 Å². The van der Waals surface area contributed by atoms with Crippen LogP contribution in [-0.4, -0.2) is 47.7 Å². The molecule has 3 amide bonds. The van der Waals surface area contributed by atoms with Gasteiger partial charge in [-0.05, 0) is 34.7 Å². The Balaban J connectivity index is 1.70. The molecule has 6 heteroatoms. The SMILES string of the molecule is CC(C)CC(=O)N1Cc2ccccc2CC1C(=O)NCc1ccc(C(=O)N(C)C)cc1. The van der Waals surface area contributed by atoms with Gasteiger partial charge in [0.2, 0.25) is 11.8 Å². The number of nitrogens with zero attached hydrogens (tertiary/aromatic N) is 2. The molecule has 0 aliphatic carbocycles. The predicted molar refractivity (Wildman–Crippen MR) is 120 cm³/mol. The summed E-state index contributed by atoms with van der Waals surface area (Å²) in [5.74, 6) is 0.0313. The molecule has 6 nitrogen and oxygen atoms in total. The molecule has 31 heavy (non-hydrogen) atoms. The van der Waals surface area contributed by atoms with E-state index in [0.717, 1.165) is 16.7 Å². The van der Waals surface area contributed by atoms with E-state index >= 15 is 0 Å². The Labute approximate surface area is 184 Å². The maximum atomic E-state index is 13.1. The first kappa shape index (κ1) is 22.5. The van der Waals surface area contributed by atoms with Gasteiger partial charge in [-0.25, -0.2) is 0 Å². The summed E-state index contributed by atoms with van der Waals surface area (Å²) in [7, 11) is 3.43. The number of rotatable bonds is 6. The van der Waals surface area contributed by atoms with Gasteiger partial charge in [0.1, 0.15) is 6.04 Å². The van der Waals surface area contributed by atoms with Crippen LogP contribution in [0.2, 0.25) is 0 Å². The standard InChI is InChI=1S/C25H31N3O3/c1-17(2)13-23(29)28-16-21-8-6-5-7-20(21)14-22(28)24(30)26-15-18-9-11-19(12-10-18)25(31)27(3)4/h5-12,17,22H,13-16H2,1-4H3,(H,26,30). The second-order valence-electron chi connectivity index (χ2n) is 8.72. The molecule has 0 bridgehead atoms. The lowest BCUT2D eigenvalue weighted by atomic mass is 9.92. The molecule has 3 rings (SSSR count). The minimum atomic E-state index is -0.518. The van der Waals surface area contributed by atoms with Gasteiger partial charge in [-0.2, -0.15) is 0 Å². The van der Waals surface area contributed by atoms with E-state index in [9.17, 15) is 14.4 Å². The van der Waals surface area contributed by atoms with Gasteiger partial charge in [-0.1, -0.05) is 50.2 Å². The Morgan fingerprint density at radius 3 is 2.29 bits per heavy atom. The molecule has 2 aromatic carbocycles. The van der Waals surface area contributed by atoms with Crippen molar-refractivity contribution in [1.29, 1.82) is 0 Å². The van der Waals surface area contributed by atoms with Crippen LogP contribution in [-0.2, 0) is 29.1 Å². The summed E-state index contributed by atoms with van der Waals surface area (Å²) >= 11 is 0. The molecule has 1 atom stereocenters. The zero-order chi connectivity index (χ0) is 22.5. The number of hydrogen-bond donors (Lipinski definition) is 1. The third-order valence-corrected chi connectivity index (χ3v) is 5.53. The van der Waals surface area contributed by atoms with Crippen molar-refractivity contribution in [3.05, 3.63) is 70.8 Å². The van der Waals surface area contributed by atoms with Crippen LogP contribution in [0, 0.1) is 5.92 Å². The maximum Gasteiger partial charge on any atom is 0.253 e. The van der Waals surface area contributed by atoms with Crippen LogP contribution in [0.5, 0.6) is 0 Å².